The van der Waals surface area contributed by atoms with E-state index in [1.165, 1.54) is 18.2 Å². The van der Waals surface area contributed by atoms with Crippen LogP contribution in [0.4, 0.5) is 4.39 Å². The Labute approximate surface area is 122 Å². The molecular weight excluding hydrogens is 277 g/mol. The van der Waals surface area contributed by atoms with E-state index in [1.54, 1.807) is 0 Å². The molecule has 1 saturated heterocycles. The third-order valence-electron chi connectivity index (χ3n) is 3.44. The maximum atomic E-state index is 13.9. The molecule has 1 aromatic rings. The second-order valence-electron chi connectivity index (χ2n) is 5.96. The molecule has 1 aromatic carbocycles. The largest absolute Gasteiger partial charge is 0.478 e. The molecule has 5 nitrogen and oxygen atoms in total. The van der Waals surface area contributed by atoms with Crippen LogP contribution in [-0.4, -0.2) is 52.5 Å². The van der Waals surface area contributed by atoms with E-state index in [-0.39, 0.29) is 24.8 Å². The molecule has 1 unspecified atom stereocenters. The summed E-state index contributed by atoms with van der Waals surface area (Å²) in [5.74, 6) is -1.50. The summed E-state index contributed by atoms with van der Waals surface area (Å²) in [6.45, 7) is 5.07. The zero-order valence-corrected chi connectivity index (χ0v) is 12.2. The molecule has 6 heteroatoms. The second-order valence-corrected chi connectivity index (χ2v) is 5.96. The summed E-state index contributed by atoms with van der Waals surface area (Å²) in [5, 5.41) is 18.3. The maximum Gasteiger partial charge on any atom is 0.335 e. The van der Waals surface area contributed by atoms with Gasteiger partial charge in [-0.25, -0.2) is 9.18 Å². The highest BCUT2D eigenvalue weighted by atomic mass is 19.1. The molecule has 21 heavy (non-hydrogen) atoms. The molecule has 2 N–H and O–H groups in total. The monoisotopic (exact) mass is 297 g/mol. The molecule has 0 radical (unpaired) electrons. The highest BCUT2D eigenvalue weighted by molar-refractivity contribution is 5.87. The van der Waals surface area contributed by atoms with Crippen molar-refractivity contribution in [3.8, 4) is 0 Å². The fourth-order valence-electron chi connectivity index (χ4n) is 2.70. The number of hydrogen-bond donors (Lipinski definition) is 2. The van der Waals surface area contributed by atoms with Crippen molar-refractivity contribution in [2.75, 3.05) is 19.7 Å². The van der Waals surface area contributed by atoms with Crippen LogP contribution in [0.3, 0.4) is 0 Å². The fourth-order valence-corrected chi connectivity index (χ4v) is 2.70. The molecule has 0 saturated carbocycles. The molecule has 0 aromatic heterocycles. The van der Waals surface area contributed by atoms with Gasteiger partial charge in [-0.1, -0.05) is 0 Å². The van der Waals surface area contributed by atoms with E-state index in [2.05, 4.69) is 0 Å². The number of benzene rings is 1. The lowest BCUT2D eigenvalue weighted by molar-refractivity contribution is -0.150. The first kappa shape index (κ1) is 15.9. The zero-order chi connectivity index (χ0) is 15.6. The molecular formula is C15H20FNO4. The van der Waals surface area contributed by atoms with Gasteiger partial charge in [-0.2, -0.15) is 0 Å². The minimum absolute atomic E-state index is 0.0672. The highest BCUT2D eigenvalue weighted by Crippen LogP contribution is 2.23. The lowest BCUT2D eigenvalue weighted by Gasteiger charge is -2.42. The summed E-state index contributed by atoms with van der Waals surface area (Å²) >= 11 is 0. The van der Waals surface area contributed by atoms with Crippen molar-refractivity contribution in [2.24, 2.45) is 0 Å². The van der Waals surface area contributed by atoms with Crippen LogP contribution in [0, 0.1) is 5.82 Å². The van der Waals surface area contributed by atoms with Gasteiger partial charge < -0.3 is 14.9 Å². The Bertz CT molecular complexity index is 532. The molecule has 1 fully saturated rings. The molecule has 2 rings (SSSR count). The normalized spacial score (nSPS) is 22.2. The van der Waals surface area contributed by atoms with Crippen LogP contribution >= 0.6 is 0 Å². The van der Waals surface area contributed by atoms with Crippen molar-refractivity contribution in [1.29, 1.82) is 0 Å². The molecule has 116 valence electrons. The van der Waals surface area contributed by atoms with Gasteiger partial charge in [0.2, 0.25) is 0 Å². The van der Waals surface area contributed by atoms with E-state index < -0.39 is 17.4 Å². The number of morpholine rings is 1. The van der Waals surface area contributed by atoms with Crippen LogP contribution in [0.1, 0.15) is 29.8 Å². The molecule has 1 aliphatic heterocycles. The summed E-state index contributed by atoms with van der Waals surface area (Å²) in [4.78, 5) is 12.9. The van der Waals surface area contributed by atoms with Crippen molar-refractivity contribution in [3.05, 3.63) is 35.1 Å². The smallest absolute Gasteiger partial charge is 0.335 e. The van der Waals surface area contributed by atoms with Gasteiger partial charge in [0.25, 0.3) is 0 Å². The first-order valence-corrected chi connectivity index (χ1v) is 6.83. The van der Waals surface area contributed by atoms with Gasteiger partial charge >= 0.3 is 5.97 Å². The van der Waals surface area contributed by atoms with E-state index in [4.69, 9.17) is 9.84 Å². The average molecular weight is 297 g/mol. The quantitative estimate of drug-likeness (QED) is 0.881. The molecule has 1 heterocycles. The minimum Gasteiger partial charge on any atom is -0.478 e. The average Bonchev–Trinajstić information content (AvgIpc) is 2.39. The third-order valence-corrected chi connectivity index (χ3v) is 3.44. The predicted octanol–water partition coefficient (Wildman–Crippen LogP) is 1.50. The number of ether oxygens (including phenoxy) is 1. The number of carboxylic acid groups (broad SMARTS) is 1. The predicted molar refractivity (Wildman–Crippen MR) is 74.7 cm³/mol. The number of carboxylic acids is 1. The molecule has 0 bridgehead atoms. The van der Waals surface area contributed by atoms with E-state index in [9.17, 15) is 14.3 Å². The van der Waals surface area contributed by atoms with Gasteiger partial charge in [-0.3, -0.25) is 4.90 Å². The standard InChI is InChI=1S/C15H20FNO4/c1-15(2)9-17(7-12(8-18)21-15)6-11-5-10(14(19)20)3-4-13(11)16/h3-5,12,18H,6-9H2,1-2H3,(H,19,20). The number of rotatable bonds is 4. The summed E-state index contributed by atoms with van der Waals surface area (Å²) in [7, 11) is 0. The lowest BCUT2D eigenvalue weighted by Crippen LogP contribution is -2.53. The van der Waals surface area contributed by atoms with Gasteiger partial charge in [0.15, 0.2) is 0 Å². The Hall–Kier alpha value is -1.50. The lowest BCUT2D eigenvalue weighted by atomic mass is 10.0. The van der Waals surface area contributed by atoms with Crippen LogP contribution in [0.2, 0.25) is 0 Å². The van der Waals surface area contributed by atoms with Gasteiger partial charge in [0.1, 0.15) is 5.82 Å². The first-order valence-electron chi connectivity index (χ1n) is 6.83. The Kier molecular flexibility index (Phi) is 4.61. The van der Waals surface area contributed by atoms with E-state index in [0.717, 1.165) is 0 Å². The number of hydrogen-bond acceptors (Lipinski definition) is 4. The van der Waals surface area contributed by atoms with Crippen LogP contribution in [0.25, 0.3) is 0 Å². The Morgan fingerprint density at radius 1 is 1.52 bits per heavy atom. The van der Waals surface area contributed by atoms with E-state index >= 15 is 0 Å². The number of nitrogens with zero attached hydrogens (tertiary/aromatic N) is 1. The third kappa shape index (κ3) is 4.00. The SMILES string of the molecule is CC1(C)CN(Cc2cc(C(=O)O)ccc2F)CC(CO)O1. The van der Waals surface area contributed by atoms with Gasteiger partial charge in [-0.05, 0) is 32.0 Å². The zero-order valence-electron chi connectivity index (χ0n) is 12.2. The van der Waals surface area contributed by atoms with Crippen molar-refractivity contribution in [3.63, 3.8) is 0 Å². The molecule has 1 aliphatic rings. The number of halogens is 1. The summed E-state index contributed by atoms with van der Waals surface area (Å²) in [6.07, 6.45) is -0.320. The summed E-state index contributed by atoms with van der Waals surface area (Å²) < 4.78 is 19.6. The topological polar surface area (TPSA) is 70.0 Å². The molecule has 1 atom stereocenters. The van der Waals surface area contributed by atoms with Crippen LogP contribution in [0.15, 0.2) is 18.2 Å². The van der Waals surface area contributed by atoms with Crippen molar-refractivity contribution >= 4 is 5.97 Å². The molecule has 0 aliphatic carbocycles. The summed E-state index contributed by atoms with van der Waals surface area (Å²) in [5.41, 5.74) is -0.0334. The number of aromatic carboxylic acids is 1. The van der Waals surface area contributed by atoms with Crippen LogP contribution < -0.4 is 0 Å². The van der Waals surface area contributed by atoms with E-state index in [1.807, 2.05) is 18.7 Å². The van der Waals surface area contributed by atoms with Crippen LogP contribution in [-0.2, 0) is 11.3 Å². The fraction of sp³-hybridized carbons (Fsp3) is 0.533. The van der Waals surface area contributed by atoms with Gasteiger partial charge in [-0.15, -0.1) is 0 Å². The number of aliphatic hydroxyl groups excluding tert-OH is 1. The Balaban J connectivity index is 2.17. The molecule has 0 amide bonds. The van der Waals surface area contributed by atoms with Gasteiger partial charge in [0.05, 0.1) is 23.9 Å². The van der Waals surface area contributed by atoms with Crippen molar-refractivity contribution < 1.29 is 24.1 Å². The second kappa shape index (κ2) is 6.09. The highest BCUT2D eigenvalue weighted by Gasteiger charge is 2.33. The van der Waals surface area contributed by atoms with Crippen LogP contribution in [0.5, 0.6) is 0 Å². The Morgan fingerprint density at radius 2 is 2.24 bits per heavy atom. The van der Waals surface area contributed by atoms with E-state index in [0.29, 0.717) is 18.7 Å². The summed E-state index contributed by atoms with van der Waals surface area (Å²) in [6, 6.07) is 3.78. The van der Waals surface area contributed by atoms with Gasteiger partial charge in [0, 0.05) is 25.2 Å². The van der Waals surface area contributed by atoms with Crippen molar-refractivity contribution in [1.82, 2.24) is 4.90 Å². The number of aliphatic hydroxyl groups is 1. The van der Waals surface area contributed by atoms with Crippen molar-refractivity contribution in [2.45, 2.75) is 32.1 Å². The maximum absolute atomic E-state index is 13.9. The first-order chi connectivity index (χ1) is 9.80. The number of carbonyl (C=O) groups is 1. The molecule has 0 spiro atoms. The minimum atomic E-state index is -1.08. The Morgan fingerprint density at radius 3 is 2.86 bits per heavy atom.